The zero-order valence-corrected chi connectivity index (χ0v) is 16.2. The summed E-state index contributed by atoms with van der Waals surface area (Å²) in [6, 6.07) is 14.5. The lowest BCUT2D eigenvalue weighted by Gasteiger charge is -2.20. The number of hydrogen-bond acceptors (Lipinski definition) is 4. The average molecular weight is 376 g/mol. The molecule has 5 heteroatoms. The number of hydrogen-bond donors (Lipinski definition) is 1. The van der Waals surface area contributed by atoms with Crippen molar-refractivity contribution >= 4 is 16.7 Å². The minimum Gasteiger partial charge on any atom is -0.457 e. The molecule has 0 saturated carbocycles. The second-order valence-corrected chi connectivity index (χ2v) is 7.28. The van der Waals surface area contributed by atoms with Crippen LogP contribution in [0.5, 0.6) is 0 Å². The van der Waals surface area contributed by atoms with Gasteiger partial charge >= 0.3 is 5.97 Å². The molecular weight excluding hydrogens is 352 g/mol. The summed E-state index contributed by atoms with van der Waals surface area (Å²) in [5, 5.41) is 2.31. The van der Waals surface area contributed by atoms with Crippen LogP contribution in [0.15, 0.2) is 47.3 Å². The van der Waals surface area contributed by atoms with Crippen molar-refractivity contribution < 1.29 is 9.53 Å². The summed E-state index contributed by atoms with van der Waals surface area (Å²) in [7, 11) is 0. The van der Waals surface area contributed by atoms with Gasteiger partial charge in [-0.1, -0.05) is 31.2 Å². The highest BCUT2D eigenvalue weighted by Gasteiger charge is 2.26. The predicted molar refractivity (Wildman–Crippen MR) is 110 cm³/mol. The molecule has 1 aromatic heterocycles. The maximum atomic E-state index is 13.1. The van der Waals surface area contributed by atoms with Gasteiger partial charge in [-0.25, -0.2) is 0 Å². The SMILES string of the molecule is CCC(OC(=O)CCN)c1cc2n(c(=O)c1C)Cc1cc3ccccc3cc1-2. The van der Waals surface area contributed by atoms with Gasteiger partial charge < -0.3 is 15.0 Å². The topological polar surface area (TPSA) is 74.3 Å². The fourth-order valence-corrected chi connectivity index (χ4v) is 4.01. The first-order valence-corrected chi connectivity index (χ1v) is 9.69. The van der Waals surface area contributed by atoms with E-state index in [0.717, 1.165) is 27.8 Å². The molecule has 1 aliphatic rings. The molecule has 5 nitrogen and oxygen atoms in total. The average Bonchev–Trinajstić information content (AvgIpc) is 3.05. The largest absolute Gasteiger partial charge is 0.457 e. The lowest BCUT2D eigenvalue weighted by atomic mass is 9.98. The van der Waals surface area contributed by atoms with Crippen molar-refractivity contribution in [2.45, 2.75) is 39.3 Å². The second-order valence-electron chi connectivity index (χ2n) is 7.28. The van der Waals surface area contributed by atoms with Crippen molar-refractivity contribution in [3.63, 3.8) is 0 Å². The van der Waals surface area contributed by atoms with Crippen molar-refractivity contribution in [1.29, 1.82) is 0 Å². The number of carbonyl (C=O) groups excluding carboxylic acids is 1. The molecule has 2 aromatic carbocycles. The quantitative estimate of drug-likeness (QED) is 0.539. The molecule has 1 unspecified atom stereocenters. The lowest BCUT2D eigenvalue weighted by molar-refractivity contribution is -0.149. The van der Waals surface area contributed by atoms with Crippen LogP contribution in [-0.4, -0.2) is 17.1 Å². The van der Waals surface area contributed by atoms with Crippen LogP contribution in [0.3, 0.4) is 0 Å². The number of aromatic nitrogens is 1. The van der Waals surface area contributed by atoms with Crippen LogP contribution in [0, 0.1) is 6.92 Å². The first-order valence-electron chi connectivity index (χ1n) is 9.69. The number of nitrogens with zero attached hydrogens (tertiary/aromatic N) is 1. The zero-order chi connectivity index (χ0) is 19.8. The fourth-order valence-electron chi connectivity index (χ4n) is 4.01. The molecule has 0 saturated heterocycles. The number of nitrogens with two attached hydrogens (primary N) is 1. The fraction of sp³-hybridized carbons (Fsp3) is 0.304. The molecular formula is C23H24N2O3. The molecule has 0 amide bonds. The van der Waals surface area contributed by atoms with E-state index in [1.807, 2.05) is 36.6 Å². The van der Waals surface area contributed by atoms with Gasteiger partial charge in [0.1, 0.15) is 6.10 Å². The number of benzene rings is 2. The Morgan fingerprint density at radius 2 is 1.93 bits per heavy atom. The maximum Gasteiger partial charge on any atom is 0.307 e. The Kier molecular flexibility index (Phi) is 4.77. The van der Waals surface area contributed by atoms with Gasteiger partial charge in [0.25, 0.3) is 5.56 Å². The van der Waals surface area contributed by atoms with Gasteiger partial charge in [0.05, 0.1) is 18.7 Å². The highest BCUT2D eigenvalue weighted by Crippen LogP contribution is 2.36. The first kappa shape index (κ1) is 18.4. The van der Waals surface area contributed by atoms with E-state index in [9.17, 15) is 9.59 Å². The Morgan fingerprint density at radius 1 is 1.21 bits per heavy atom. The van der Waals surface area contributed by atoms with Crippen LogP contribution >= 0.6 is 0 Å². The smallest absolute Gasteiger partial charge is 0.307 e. The van der Waals surface area contributed by atoms with E-state index in [0.29, 0.717) is 18.5 Å². The molecule has 0 bridgehead atoms. The van der Waals surface area contributed by atoms with Gasteiger partial charge in [-0.15, -0.1) is 0 Å². The molecule has 1 aliphatic heterocycles. The molecule has 1 atom stereocenters. The number of ether oxygens (including phenoxy) is 1. The molecule has 2 heterocycles. The number of esters is 1. The Morgan fingerprint density at radius 3 is 2.61 bits per heavy atom. The summed E-state index contributed by atoms with van der Waals surface area (Å²) in [4.78, 5) is 25.1. The summed E-state index contributed by atoms with van der Waals surface area (Å²) in [5.74, 6) is -0.333. The molecule has 0 radical (unpaired) electrons. The summed E-state index contributed by atoms with van der Waals surface area (Å²) in [6.07, 6.45) is 0.334. The Bertz CT molecular complexity index is 1130. The predicted octanol–water partition coefficient (Wildman–Crippen LogP) is 3.68. The van der Waals surface area contributed by atoms with E-state index in [2.05, 4.69) is 24.3 Å². The van der Waals surface area contributed by atoms with Crippen LogP contribution in [0.25, 0.3) is 22.0 Å². The normalized spacial score (nSPS) is 13.2. The molecule has 4 rings (SSSR count). The van der Waals surface area contributed by atoms with Crippen LogP contribution < -0.4 is 11.3 Å². The third kappa shape index (κ3) is 3.02. The van der Waals surface area contributed by atoms with E-state index in [-0.39, 0.29) is 24.5 Å². The maximum absolute atomic E-state index is 13.1. The molecule has 144 valence electrons. The summed E-state index contributed by atoms with van der Waals surface area (Å²) >= 11 is 0. The van der Waals surface area contributed by atoms with Gasteiger partial charge in [0, 0.05) is 23.2 Å². The highest BCUT2D eigenvalue weighted by molar-refractivity contribution is 5.89. The monoisotopic (exact) mass is 376 g/mol. The minimum atomic E-state index is -0.442. The Labute approximate surface area is 163 Å². The Balaban J connectivity index is 1.83. The van der Waals surface area contributed by atoms with Crippen LogP contribution in [-0.2, 0) is 16.1 Å². The summed E-state index contributed by atoms with van der Waals surface area (Å²) in [6.45, 7) is 4.58. The Hall–Kier alpha value is -2.92. The standard InChI is InChI=1S/C23H24N2O3/c1-3-21(28-22(26)8-9-24)18-12-20-19-11-16-7-5-4-6-15(16)10-17(19)13-25(20)23(27)14(18)2/h4-7,10-12,21H,3,8-9,13,24H2,1-2H3. The number of rotatable bonds is 5. The number of pyridine rings is 1. The highest BCUT2D eigenvalue weighted by atomic mass is 16.5. The van der Waals surface area contributed by atoms with Crippen LogP contribution in [0.4, 0.5) is 0 Å². The van der Waals surface area contributed by atoms with Crippen molar-refractivity contribution in [3.05, 3.63) is 69.5 Å². The molecule has 28 heavy (non-hydrogen) atoms. The zero-order valence-electron chi connectivity index (χ0n) is 16.2. The van der Waals surface area contributed by atoms with E-state index >= 15 is 0 Å². The van der Waals surface area contributed by atoms with Crippen molar-refractivity contribution in [2.24, 2.45) is 5.73 Å². The van der Waals surface area contributed by atoms with Crippen LogP contribution in [0.1, 0.15) is 42.6 Å². The molecule has 0 fully saturated rings. The van der Waals surface area contributed by atoms with E-state index in [1.165, 1.54) is 5.39 Å². The van der Waals surface area contributed by atoms with E-state index in [4.69, 9.17) is 10.5 Å². The van der Waals surface area contributed by atoms with Crippen molar-refractivity contribution in [3.8, 4) is 11.3 Å². The van der Waals surface area contributed by atoms with Gasteiger partial charge in [-0.2, -0.15) is 0 Å². The third-order valence-electron chi connectivity index (χ3n) is 5.50. The van der Waals surface area contributed by atoms with Crippen molar-refractivity contribution in [1.82, 2.24) is 4.57 Å². The lowest BCUT2D eigenvalue weighted by Crippen LogP contribution is -2.25. The second kappa shape index (κ2) is 7.24. The van der Waals surface area contributed by atoms with Gasteiger partial charge in [-0.3, -0.25) is 9.59 Å². The minimum absolute atomic E-state index is 0.0268. The van der Waals surface area contributed by atoms with E-state index in [1.54, 1.807) is 0 Å². The van der Waals surface area contributed by atoms with E-state index < -0.39 is 6.10 Å². The van der Waals surface area contributed by atoms with Crippen LogP contribution in [0.2, 0.25) is 0 Å². The van der Waals surface area contributed by atoms with Crippen molar-refractivity contribution in [2.75, 3.05) is 6.54 Å². The first-order chi connectivity index (χ1) is 13.5. The molecule has 2 N–H and O–H groups in total. The molecule has 3 aromatic rings. The molecule has 0 spiro atoms. The van der Waals surface area contributed by atoms with Gasteiger partial charge in [0.15, 0.2) is 0 Å². The summed E-state index contributed by atoms with van der Waals surface area (Å²) in [5.41, 5.74) is 9.94. The number of fused-ring (bicyclic) bond motifs is 4. The number of carbonyl (C=O) groups is 1. The summed E-state index contributed by atoms with van der Waals surface area (Å²) < 4.78 is 7.43. The third-order valence-corrected chi connectivity index (χ3v) is 5.50. The van der Waals surface area contributed by atoms with Gasteiger partial charge in [-0.05, 0) is 47.9 Å². The molecule has 0 aliphatic carbocycles. The van der Waals surface area contributed by atoms with Gasteiger partial charge in [0.2, 0.25) is 0 Å².